The Hall–Kier alpha value is -3.12. The summed E-state index contributed by atoms with van der Waals surface area (Å²) in [7, 11) is 0. The van der Waals surface area contributed by atoms with Crippen LogP contribution in [0.2, 0.25) is 0 Å². The van der Waals surface area contributed by atoms with E-state index in [2.05, 4.69) is 15.8 Å². The molecule has 0 aliphatic carbocycles. The van der Waals surface area contributed by atoms with Crippen LogP contribution in [-0.2, 0) is 4.79 Å². The number of amides is 2. The van der Waals surface area contributed by atoms with Crippen LogP contribution in [0.3, 0.4) is 0 Å². The molecule has 5 nitrogen and oxygen atoms in total. The lowest BCUT2D eigenvalue weighted by Crippen LogP contribution is -2.43. The van der Waals surface area contributed by atoms with Gasteiger partial charge in [-0.25, -0.2) is 0 Å². The lowest BCUT2D eigenvalue weighted by molar-refractivity contribution is -0.121. The van der Waals surface area contributed by atoms with Gasteiger partial charge in [0.15, 0.2) is 0 Å². The van der Waals surface area contributed by atoms with E-state index in [-0.39, 0.29) is 5.91 Å². The van der Waals surface area contributed by atoms with Crippen LogP contribution >= 0.6 is 11.8 Å². The van der Waals surface area contributed by atoms with Gasteiger partial charge in [-0.05, 0) is 29.8 Å². The van der Waals surface area contributed by atoms with Gasteiger partial charge < -0.3 is 0 Å². The van der Waals surface area contributed by atoms with Crippen LogP contribution in [0.4, 0.5) is 0 Å². The van der Waals surface area contributed by atoms with Gasteiger partial charge in [-0.1, -0.05) is 48.5 Å². The summed E-state index contributed by atoms with van der Waals surface area (Å²) < 4.78 is 0. The molecule has 0 saturated heterocycles. The SMILES string of the molecule is O=C(NNC(=O)C(Sc1ccccc1)c1ccccc1)c1cccnc1. The second-order valence-electron chi connectivity index (χ2n) is 5.41. The van der Waals surface area contributed by atoms with Crippen molar-refractivity contribution in [1.82, 2.24) is 15.8 Å². The summed E-state index contributed by atoms with van der Waals surface area (Å²) in [4.78, 5) is 29.7. The fraction of sp³-hybridized carbons (Fsp3) is 0.0500. The van der Waals surface area contributed by atoms with E-state index < -0.39 is 11.2 Å². The maximum atomic E-state index is 12.7. The zero-order chi connectivity index (χ0) is 18.2. The Morgan fingerprint density at radius 3 is 2.19 bits per heavy atom. The van der Waals surface area contributed by atoms with Gasteiger partial charge in [0.2, 0.25) is 0 Å². The van der Waals surface area contributed by atoms with Gasteiger partial charge in [0.1, 0.15) is 5.25 Å². The molecule has 2 aromatic carbocycles. The summed E-state index contributed by atoms with van der Waals surface area (Å²) in [5.74, 6) is -0.717. The first-order valence-electron chi connectivity index (χ1n) is 8.01. The van der Waals surface area contributed by atoms with Crippen LogP contribution < -0.4 is 10.9 Å². The average Bonchev–Trinajstić information content (AvgIpc) is 2.72. The second-order valence-corrected chi connectivity index (χ2v) is 6.59. The van der Waals surface area contributed by atoms with Crippen molar-refractivity contribution >= 4 is 23.6 Å². The van der Waals surface area contributed by atoms with E-state index in [0.717, 1.165) is 10.5 Å². The van der Waals surface area contributed by atoms with Crippen LogP contribution in [0.25, 0.3) is 0 Å². The minimum absolute atomic E-state index is 0.303. The maximum Gasteiger partial charge on any atom is 0.271 e. The number of hydrazine groups is 1. The minimum atomic E-state index is -0.493. The molecule has 0 spiro atoms. The van der Waals surface area contributed by atoms with Crippen LogP contribution in [0.1, 0.15) is 21.2 Å². The molecule has 26 heavy (non-hydrogen) atoms. The van der Waals surface area contributed by atoms with Crippen molar-refractivity contribution in [3.05, 3.63) is 96.3 Å². The molecular weight excluding hydrogens is 346 g/mol. The highest BCUT2D eigenvalue weighted by molar-refractivity contribution is 8.00. The molecule has 0 aliphatic rings. The maximum absolute atomic E-state index is 12.7. The zero-order valence-electron chi connectivity index (χ0n) is 13.8. The highest BCUT2D eigenvalue weighted by Crippen LogP contribution is 2.35. The first-order chi connectivity index (χ1) is 12.7. The topological polar surface area (TPSA) is 71.1 Å². The van der Waals surface area contributed by atoms with Gasteiger partial charge in [0.05, 0.1) is 5.56 Å². The summed E-state index contributed by atoms with van der Waals surface area (Å²) in [5, 5.41) is -0.493. The number of nitrogens with one attached hydrogen (secondary N) is 2. The summed E-state index contributed by atoms with van der Waals surface area (Å²) in [6, 6.07) is 22.4. The molecule has 130 valence electrons. The molecule has 3 aromatic rings. The normalized spacial score (nSPS) is 11.4. The predicted molar refractivity (Wildman–Crippen MR) is 101 cm³/mol. The van der Waals surface area contributed by atoms with Crippen molar-refractivity contribution in [2.24, 2.45) is 0 Å². The quantitative estimate of drug-likeness (QED) is 0.538. The van der Waals surface area contributed by atoms with Crippen molar-refractivity contribution in [1.29, 1.82) is 0 Å². The predicted octanol–water partition coefficient (Wildman–Crippen LogP) is 3.38. The van der Waals surface area contributed by atoms with Gasteiger partial charge in [0, 0.05) is 17.3 Å². The van der Waals surface area contributed by atoms with E-state index in [1.807, 2.05) is 60.7 Å². The molecule has 0 bridgehead atoms. The fourth-order valence-electron chi connectivity index (χ4n) is 2.29. The smallest absolute Gasteiger partial charge is 0.271 e. The molecule has 1 atom stereocenters. The van der Waals surface area contributed by atoms with Crippen molar-refractivity contribution in [2.75, 3.05) is 0 Å². The third kappa shape index (κ3) is 4.70. The van der Waals surface area contributed by atoms with Crippen molar-refractivity contribution in [3.63, 3.8) is 0 Å². The summed E-state index contributed by atoms with van der Waals surface area (Å²) in [5.41, 5.74) is 6.19. The molecule has 3 rings (SSSR count). The van der Waals surface area contributed by atoms with Crippen LogP contribution in [-0.4, -0.2) is 16.8 Å². The number of benzene rings is 2. The fourth-order valence-corrected chi connectivity index (χ4v) is 3.33. The van der Waals surface area contributed by atoms with E-state index in [9.17, 15) is 9.59 Å². The first-order valence-corrected chi connectivity index (χ1v) is 8.89. The molecule has 1 aromatic heterocycles. The molecule has 0 saturated carbocycles. The van der Waals surface area contributed by atoms with E-state index in [1.165, 1.54) is 18.0 Å². The van der Waals surface area contributed by atoms with E-state index in [0.29, 0.717) is 5.56 Å². The number of hydrogen-bond donors (Lipinski definition) is 2. The van der Waals surface area contributed by atoms with Crippen molar-refractivity contribution < 1.29 is 9.59 Å². The molecule has 0 fully saturated rings. The molecule has 1 unspecified atom stereocenters. The van der Waals surface area contributed by atoms with Gasteiger partial charge in [-0.3, -0.25) is 25.4 Å². The Balaban J connectivity index is 1.72. The number of aromatic nitrogens is 1. The molecule has 2 amide bonds. The molecule has 0 radical (unpaired) electrons. The van der Waals surface area contributed by atoms with Crippen molar-refractivity contribution in [2.45, 2.75) is 10.1 Å². The summed E-state index contributed by atoms with van der Waals surface area (Å²) in [6.07, 6.45) is 3.02. The third-order valence-corrected chi connectivity index (χ3v) is 4.83. The highest BCUT2D eigenvalue weighted by atomic mass is 32.2. The number of carbonyl (C=O) groups excluding carboxylic acids is 2. The molecule has 2 N–H and O–H groups in total. The van der Waals surface area contributed by atoms with Crippen molar-refractivity contribution in [3.8, 4) is 0 Å². The summed E-state index contributed by atoms with van der Waals surface area (Å²) >= 11 is 1.42. The number of nitrogens with zero attached hydrogens (tertiary/aromatic N) is 1. The van der Waals surface area contributed by atoms with E-state index in [1.54, 1.807) is 18.3 Å². The van der Waals surface area contributed by atoms with Gasteiger partial charge in [-0.2, -0.15) is 0 Å². The standard InChI is InChI=1S/C20H17N3O2S/c24-19(16-10-7-13-21-14-16)22-23-20(25)18(15-8-3-1-4-9-15)26-17-11-5-2-6-12-17/h1-14,18H,(H,22,24)(H,23,25). The summed E-state index contributed by atoms with van der Waals surface area (Å²) in [6.45, 7) is 0. The Bertz CT molecular complexity index is 858. The van der Waals surface area contributed by atoms with E-state index >= 15 is 0 Å². The first kappa shape index (κ1) is 17.7. The van der Waals surface area contributed by atoms with Gasteiger partial charge in [0.25, 0.3) is 11.8 Å². The average molecular weight is 363 g/mol. The number of pyridine rings is 1. The number of carbonyl (C=O) groups is 2. The van der Waals surface area contributed by atoms with Gasteiger partial charge >= 0.3 is 0 Å². The van der Waals surface area contributed by atoms with Crippen LogP contribution in [0, 0.1) is 0 Å². The highest BCUT2D eigenvalue weighted by Gasteiger charge is 2.22. The Morgan fingerprint density at radius 1 is 0.846 bits per heavy atom. The minimum Gasteiger partial charge on any atom is -0.272 e. The number of hydrogen-bond acceptors (Lipinski definition) is 4. The third-order valence-electron chi connectivity index (χ3n) is 3.56. The van der Waals surface area contributed by atoms with Crippen LogP contribution in [0.5, 0.6) is 0 Å². The lowest BCUT2D eigenvalue weighted by Gasteiger charge is -2.17. The molecular formula is C20H17N3O2S. The number of thioether (sulfide) groups is 1. The zero-order valence-corrected chi connectivity index (χ0v) is 14.6. The monoisotopic (exact) mass is 363 g/mol. The Morgan fingerprint density at radius 2 is 1.54 bits per heavy atom. The Labute approximate surface area is 155 Å². The largest absolute Gasteiger partial charge is 0.272 e. The second kappa shape index (κ2) is 8.82. The Kier molecular flexibility index (Phi) is 6.01. The lowest BCUT2D eigenvalue weighted by atomic mass is 10.1. The molecule has 6 heteroatoms. The molecule has 1 heterocycles. The van der Waals surface area contributed by atoms with Gasteiger partial charge in [-0.15, -0.1) is 11.8 Å². The molecule has 0 aliphatic heterocycles. The number of rotatable bonds is 5. The van der Waals surface area contributed by atoms with E-state index in [4.69, 9.17) is 0 Å². The van der Waals surface area contributed by atoms with Crippen LogP contribution in [0.15, 0.2) is 90.1 Å².